The molecule has 2 heterocycles. The zero-order chi connectivity index (χ0) is 12.5. The molecule has 0 spiro atoms. The zero-order valence-corrected chi connectivity index (χ0v) is 10.6. The Bertz CT molecular complexity index is 424. The van der Waals surface area contributed by atoms with Crippen molar-refractivity contribution < 1.29 is 9.53 Å². The highest BCUT2D eigenvalue weighted by molar-refractivity contribution is 5.81. The average Bonchev–Trinajstić information content (AvgIpc) is 2.48. The highest BCUT2D eigenvalue weighted by Crippen LogP contribution is 2.24. The highest BCUT2D eigenvalue weighted by atomic mass is 16.5. The molecule has 0 bridgehead atoms. The van der Waals surface area contributed by atoms with Crippen LogP contribution in [0.5, 0.6) is 5.88 Å². The van der Waals surface area contributed by atoms with E-state index in [9.17, 15) is 4.79 Å². The first-order chi connectivity index (χ1) is 7.98. The van der Waals surface area contributed by atoms with Gasteiger partial charge in [0.25, 0.3) is 0 Å². The van der Waals surface area contributed by atoms with Crippen molar-refractivity contribution in [1.29, 1.82) is 0 Å². The van der Waals surface area contributed by atoms with Crippen LogP contribution < -0.4 is 4.74 Å². The molecule has 0 aromatic carbocycles. The van der Waals surface area contributed by atoms with E-state index in [1.807, 2.05) is 37.8 Å². The molecule has 17 heavy (non-hydrogen) atoms. The predicted molar refractivity (Wildman–Crippen MR) is 64.6 cm³/mol. The maximum atomic E-state index is 12.2. The van der Waals surface area contributed by atoms with E-state index in [-0.39, 0.29) is 11.3 Å². The molecule has 1 amide bonds. The van der Waals surface area contributed by atoms with Gasteiger partial charge >= 0.3 is 0 Å². The summed E-state index contributed by atoms with van der Waals surface area (Å²) in [6, 6.07) is 3.82. The molecular formula is C13H18N2O2. The Morgan fingerprint density at radius 2 is 2.24 bits per heavy atom. The molecule has 1 aliphatic rings. The monoisotopic (exact) mass is 234 g/mol. The Morgan fingerprint density at radius 1 is 1.47 bits per heavy atom. The molecule has 0 radical (unpaired) electrons. The first-order valence-electron chi connectivity index (χ1n) is 5.84. The molecule has 1 aromatic heterocycles. The van der Waals surface area contributed by atoms with Gasteiger partial charge in [-0.05, 0) is 6.07 Å². The van der Waals surface area contributed by atoms with E-state index in [0.717, 1.165) is 5.56 Å². The number of amides is 1. The predicted octanol–water partition coefficient (Wildman–Crippen LogP) is 1.85. The summed E-state index contributed by atoms with van der Waals surface area (Å²) in [5, 5.41) is 0. The normalized spacial score (nSPS) is 15.8. The van der Waals surface area contributed by atoms with Crippen LogP contribution >= 0.6 is 0 Å². The van der Waals surface area contributed by atoms with Crippen LogP contribution in [-0.2, 0) is 11.3 Å². The van der Waals surface area contributed by atoms with Crippen LogP contribution in [0.4, 0.5) is 0 Å². The van der Waals surface area contributed by atoms with Gasteiger partial charge in [0.1, 0.15) is 6.61 Å². The molecule has 0 N–H and O–H groups in total. The summed E-state index contributed by atoms with van der Waals surface area (Å²) in [5.74, 6) is 0.800. The minimum absolute atomic E-state index is 0.151. The summed E-state index contributed by atoms with van der Waals surface area (Å²) in [6.45, 7) is 7.51. The number of rotatable bonds is 0. The number of pyridine rings is 1. The lowest BCUT2D eigenvalue weighted by molar-refractivity contribution is -0.140. The Kier molecular flexibility index (Phi) is 3.05. The van der Waals surface area contributed by atoms with Crippen molar-refractivity contribution in [3.63, 3.8) is 0 Å². The molecule has 1 aliphatic heterocycles. The second-order valence-corrected chi connectivity index (χ2v) is 5.29. The van der Waals surface area contributed by atoms with Gasteiger partial charge in [-0.2, -0.15) is 0 Å². The quantitative estimate of drug-likeness (QED) is 0.688. The number of fused-ring (bicyclic) bond motifs is 1. The molecule has 0 fully saturated rings. The molecule has 0 saturated heterocycles. The minimum atomic E-state index is -0.354. The second-order valence-electron chi connectivity index (χ2n) is 5.29. The van der Waals surface area contributed by atoms with Crippen LogP contribution in [-0.4, -0.2) is 28.9 Å². The van der Waals surface area contributed by atoms with Gasteiger partial charge in [0.2, 0.25) is 11.8 Å². The average molecular weight is 234 g/mol. The van der Waals surface area contributed by atoms with E-state index >= 15 is 0 Å². The summed E-state index contributed by atoms with van der Waals surface area (Å²) in [4.78, 5) is 18.2. The van der Waals surface area contributed by atoms with E-state index in [0.29, 0.717) is 25.6 Å². The maximum Gasteiger partial charge on any atom is 0.228 e. The van der Waals surface area contributed by atoms with Crippen molar-refractivity contribution in [3.8, 4) is 5.88 Å². The van der Waals surface area contributed by atoms with E-state index in [2.05, 4.69) is 4.98 Å². The third-order valence-corrected chi connectivity index (χ3v) is 2.74. The summed E-state index contributed by atoms with van der Waals surface area (Å²) >= 11 is 0. The molecule has 0 unspecified atom stereocenters. The van der Waals surface area contributed by atoms with Gasteiger partial charge in [-0.15, -0.1) is 0 Å². The van der Waals surface area contributed by atoms with Crippen molar-refractivity contribution in [2.75, 3.05) is 13.2 Å². The van der Waals surface area contributed by atoms with Crippen LogP contribution in [0.15, 0.2) is 18.3 Å². The Hall–Kier alpha value is -1.58. The summed E-state index contributed by atoms with van der Waals surface area (Å²) in [5.41, 5.74) is 0.620. The number of hydrogen-bond donors (Lipinski definition) is 0. The second kappa shape index (κ2) is 4.35. The zero-order valence-electron chi connectivity index (χ0n) is 10.6. The number of carbonyl (C=O) groups is 1. The van der Waals surface area contributed by atoms with Crippen LogP contribution in [0.2, 0.25) is 0 Å². The van der Waals surface area contributed by atoms with Gasteiger partial charge in [0.05, 0.1) is 13.1 Å². The van der Waals surface area contributed by atoms with Gasteiger partial charge in [-0.25, -0.2) is 4.98 Å². The molecule has 0 aliphatic carbocycles. The van der Waals surface area contributed by atoms with Crippen molar-refractivity contribution in [2.45, 2.75) is 27.3 Å². The molecule has 2 rings (SSSR count). The van der Waals surface area contributed by atoms with Crippen LogP contribution in [0.3, 0.4) is 0 Å². The van der Waals surface area contributed by atoms with Crippen molar-refractivity contribution >= 4 is 5.91 Å². The van der Waals surface area contributed by atoms with Crippen LogP contribution in [0, 0.1) is 5.41 Å². The fraction of sp³-hybridized carbons (Fsp3) is 0.538. The molecule has 4 nitrogen and oxygen atoms in total. The van der Waals surface area contributed by atoms with E-state index in [1.54, 1.807) is 6.20 Å². The van der Waals surface area contributed by atoms with Gasteiger partial charge in [0.15, 0.2) is 0 Å². The Labute approximate surface area is 102 Å². The molecule has 4 heteroatoms. The van der Waals surface area contributed by atoms with E-state index < -0.39 is 0 Å². The fourth-order valence-corrected chi connectivity index (χ4v) is 1.86. The van der Waals surface area contributed by atoms with E-state index in [1.165, 1.54) is 0 Å². The fourth-order valence-electron chi connectivity index (χ4n) is 1.86. The molecule has 92 valence electrons. The first kappa shape index (κ1) is 11.9. The third-order valence-electron chi connectivity index (χ3n) is 2.74. The number of nitrogens with zero attached hydrogens (tertiary/aromatic N) is 2. The number of hydrogen-bond acceptors (Lipinski definition) is 3. The first-order valence-corrected chi connectivity index (χ1v) is 5.84. The van der Waals surface area contributed by atoms with Gasteiger partial charge < -0.3 is 9.64 Å². The molecular weight excluding hydrogens is 216 g/mol. The largest absolute Gasteiger partial charge is 0.476 e. The lowest BCUT2D eigenvalue weighted by Crippen LogP contribution is -2.40. The number of aromatic nitrogens is 1. The molecule has 1 aromatic rings. The lowest BCUT2D eigenvalue weighted by atomic mass is 9.94. The number of carbonyl (C=O) groups excluding carboxylic acids is 1. The van der Waals surface area contributed by atoms with Crippen molar-refractivity contribution in [3.05, 3.63) is 23.9 Å². The number of ether oxygens (including phenoxy) is 1. The lowest BCUT2D eigenvalue weighted by Gasteiger charge is -2.27. The summed E-state index contributed by atoms with van der Waals surface area (Å²) < 4.78 is 5.54. The molecule has 0 saturated carbocycles. The van der Waals surface area contributed by atoms with Gasteiger partial charge in [0, 0.05) is 17.2 Å². The topological polar surface area (TPSA) is 42.4 Å². The van der Waals surface area contributed by atoms with Crippen molar-refractivity contribution in [1.82, 2.24) is 9.88 Å². The SMILES string of the molecule is CC(C)(C)C(=O)N1CCOc2ncccc2C1. The van der Waals surface area contributed by atoms with Gasteiger partial charge in [-0.3, -0.25) is 4.79 Å². The summed E-state index contributed by atoms with van der Waals surface area (Å²) in [7, 11) is 0. The van der Waals surface area contributed by atoms with Gasteiger partial charge in [-0.1, -0.05) is 26.8 Å². The Morgan fingerprint density at radius 3 is 2.94 bits per heavy atom. The smallest absolute Gasteiger partial charge is 0.228 e. The minimum Gasteiger partial charge on any atom is -0.476 e. The van der Waals surface area contributed by atoms with Crippen LogP contribution in [0.1, 0.15) is 26.3 Å². The summed E-state index contributed by atoms with van der Waals surface area (Å²) in [6.07, 6.45) is 1.71. The Balaban J connectivity index is 2.22. The maximum absolute atomic E-state index is 12.2. The highest BCUT2D eigenvalue weighted by Gasteiger charge is 2.29. The van der Waals surface area contributed by atoms with Crippen LogP contribution in [0.25, 0.3) is 0 Å². The standard InChI is InChI=1S/C13H18N2O2/c1-13(2,3)12(16)15-7-8-17-11-10(9-15)5-4-6-14-11/h4-6H,7-9H2,1-3H3. The third kappa shape index (κ3) is 2.57. The molecule has 0 atom stereocenters. The van der Waals surface area contributed by atoms with Crippen molar-refractivity contribution in [2.24, 2.45) is 5.41 Å². The van der Waals surface area contributed by atoms with E-state index in [4.69, 9.17) is 4.74 Å².